The normalized spacial score (nSPS) is 11.4. The zero-order valence-electron chi connectivity index (χ0n) is 11.0. The summed E-state index contributed by atoms with van der Waals surface area (Å²) in [6.07, 6.45) is 0. The van der Waals surface area contributed by atoms with E-state index < -0.39 is 5.63 Å². The van der Waals surface area contributed by atoms with Crippen molar-refractivity contribution in [2.75, 3.05) is 5.43 Å². The Morgan fingerprint density at radius 1 is 1.35 bits per heavy atom. The lowest BCUT2D eigenvalue weighted by atomic mass is 10.2. The van der Waals surface area contributed by atoms with E-state index in [1.54, 1.807) is 13.8 Å². The molecule has 0 amide bonds. The second-order valence-corrected chi connectivity index (χ2v) is 4.95. The molecular weight excluding hydrogens is 324 g/mol. The molecule has 6 heteroatoms. The third-order valence-electron chi connectivity index (χ3n) is 2.69. The van der Waals surface area contributed by atoms with Crippen LogP contribution >= 0.6 is 15.9 Å². The third kappa shape index (κ3) is 2.91. The van der Waals surface area contributed by atoms with Crippen molar-refractivity contribution >= 4 is 27.3 Å². The van der Waals surface area contributed by atoms with E-state index in [0.717, 1.165) is 5.69 Å². The van der Waals surface area contributed by atoms with Crippen molar-refractivity contribution in [3.05, 3.63) is 56.5 Å². The molecule has 0 aliphatic carbocycles. The maximum Gasteiger partial charge on any atom is 0.349 e. The first-order valence-electron chi connectivity index (χ1n) is 5.88. The highest BCUT2D eigenvalue weighted by Crippen LogP contribution is 2.29. The van der Waals surface area contributed by atoms with Crippen LogP contribution in [0.1, 0.15) is 18.2 Å². The summed E-state index contributed by atoms with van der Waals surface area (Å²) in [5.41, 5.74) is 3.33. The molecule has 0 atom stereocenters. The number of para-hydroxylation sites is 1. The minimum atomic E-state index is -0.626. The van der Waals surface area contributed by atoms with Gasteiger partial charge < -0.3 is 9.52 Å². The minimum absolute atomic E-state index is 0.0332. The van der Waals surface area contributed by atoms with Crippen LogP contribution in [0.4, 0.5) is 5.69 Å². The molecule has 0 bridgehead atoms. The van der Waals surface area contributed by atoms with Gasteiger partial charge in [-0.1, -0.05) is 18.2 Å². The number of hydrogen-bond donors (Lipinski definition) is 2. The van der Waals surface area contributed by atoms with Crippen LogP contribution in [-0.4, -0.2) is 10.8 Å². The van der Waals surface area contributed by atoms with Crippen LogP contribution < -0.4 is 11.1 Å². The summed E-state index contributed by atoms with van der Waals surface area (Å²) >= 11 is 3.17. The molecule has 0 unspecified atom stereocenters. The van der Waals surface area contributed by atoms with E-state index in [0.29, 0.717) is 15.9 Å². The fourth-order valence-electron chi connectivity index (χ4n) is 1.64. The Kier molecular flexibility index (Phi) is 4.24. The van der Waals surface area contributed by atoms with Gasteiger partial charge in [-0.05, 0) is 41.9 Å². The summed E-state index contributed by atoms with van der Waals surface area (Å²) in [7, 11) is 0. The number of nitrogens with one attached hydrogen (secondary N) is 1. The van der Waals surface area contributed by atoms with E-state index in [-0.39, 0.29) is 11.3 Å². The Bertz CT molecular complexity index is 708. The lowest BCUT2D eigenvalue weighted by Crippen LogP contribution is -2.15. The highest BCUT2D eigenvalue weighted by molar-refractivity contribution is 9.10. The van der Waals surface area contributed by atoms with Crippen LogP contribution in [0.3, 0.4) is 0 Å². The summed E-state index contributed by atoms with van der Waals surface area (Å²) in [6.45, 7) is 3.20. The molecule has 0 spiro atoms. The standard InChI is InChI=1S/C14H13BrN2O3/c1-8(16-17-10-6-4-3-5-7-10)11-13(18)12(15)9(2)20-14(11)19/h3-7,17-18H,1-2H3/b16-8-. The smallest absolute Gasteiger partial charge is 0.349 e. The van der Waals surface area contributed by atoms with Crippen molar-refractivity contribution in [3.8, 4) is 5.75 Å². The predicted octanol–water partition coefficient (Wildman–Crippen LogP) is 3.25. The SMILES string of the molecule is C/C(=N/Nc1ccccc1)c1c(O)c(Br)c(C)oc1=O. The molecule has 0 fully saturated rings. The van der Waals surface area contributed by atoms with Crippen molar-refractivity contribution in [2.45, 2.75) is 13.8 Å². The predicted molar refractivity (Wildman–Crippen MR) is 81.4 cm³/mol. The quantitative estimate of drug-likeness (QED) is 0.666. The first-order valence-corrected chi connectivity index (χ1v) is 6.68. The fraction of sp³-hybridized carbons (Fsp3) is 0.143. The summed E-state index contributed by atoms with van der Waals surface area (Å²) in [4.78, 5) is 11.8. The van der Waals surface area contributed by atoms with Gasteiger partial charge in [0.05, 0.1) is 15.9 Å². The number of hydrazone groups is 1. The van der Waals surface area contributed by atoms with Crippen LogP contribution in [0.5, 0.6) is 5.75 Å². The van der Waals surface area contributed by atoms with E-state index in [9.17, 15) is 9.90 Å². The lowest BCUT2D eigenvalue weighted by molar-refractivity contribution is 0.426. The van der Waals surface area contributed by atoms with Gasteiger partial charge in [-0.2, -0.15) is 5.10 Å². The number of halogens is 1. The molecule has 2 rings (SSSR count). The summed E-state index contributed by atoms with van der Waals surface area (Å²) < 4.78 is 5.37. The van der Waals surface area contributed by atoms with Crippen molar-refractivity contribution in [1.82, 2.24) is 0 Å². The molecule has 1 aromatic heterocycles. The van der Waals surface area contributed by atoms with Crippen molar-refractivity contribution < 1.29 is 9.52 Å². The van der Waals surface area contributed by atoms with Crippen LogP contribution in [0.15, 0.2) is 49.1 Å². The topological polar surface area (TPSA) is 74.8 Å². The van der Waals surface area contributed by atoms with Crippen molar-refractivity contribution in [3.63, 3.8) is 0 Å². The number of hydrogen-bond acceptors (Lipinski definition) is 5. The van der Waals surface area contributed by atoms with E-state index >= 15 is 0 Å². The Hall–Kier alpha value is -2.08. The van der Waals surface area contributed by atoms with Crippen LogP contribution in [0.2, 0.25) is 0 Å². The Labute approximate surface area is 124 Å². The summed E-state index contributed by atoms with van der Waals surface area (Å²) in [5, 5.41) is 14.1. The van der Waals surface area contributed by atoms with Crippen LogP contribution in [0.25, 0.3) is 0 Å². The number of aryl methyl sites for hydroxylation is 1. The average molecular weight is 337 g/mol. The number of aromatic hydroxyl groups is 1. The van der Waals surface area contributed by atoms with Gasteiger partial charge >= 0.3 is 5.63 Å². The average Bonchev–Trinajstić information content (AvgIpc) is 2.44. The van der Waals surface area contributed by atoms with E-state index in [4.69, 9.17) is 4.42 Å². The van der Waals surface area contributed by atoms with Gasteiger partial charge in [0.2, 0.25) is 0 Å². The van der Waals surface area contributed by atoms with Gasteiger partial charge in [0.25, 0.3) is 0 Å². The minimum Gasteiger partial charge on any atom is -0.506 e. The molecule has 0 aliphatic heterocycles. The van der Waals surface area contributed by atoms with Gasteiger partial charge in [-0.25, -0.2) is 4.79 Å². The third-order valence-corrected chi connectivity index (χ3v) is 3.63. The molecule has 0 aliphatic rings. The second-order valence-electron chi connectivity index (χ2n) is 4.16. The van der Waals surface area contributed by atoms with Crippen LogP contribution in [0, 0.1) is 6.92 Å². The number of rotatable bonds is 3. The van der Waals surface area contributed by atoms with E-state index in [2.05, 4.69) is 26.5 Å². The molecule has 5 nitrogen and oxygen atoms in total. The molecule has 0 saturated carbocycles. The Morgan fingerprint density at radius 3 is 2.65 bits per heavy atom. The molecule has 20 heavy (non-hydrogen) atoms. The Morgan fingerprint density at radius 2 is 2.00 bits per heavy atom. The Balaban J connectivity index is 2.37. The largest absolute Gasteiger partial charge is 0.506 e. The van der Waals surface area contributed by atoms with E-state index in [1.807, 2.05) is 30.3 Å². The monoisotopic (exact) mass is 336 g/mol. The first-order chi connectivity index (χ1) is 9.50. The molecule has 2 aromatic rings. The highest BCUT2D eigenvalue weighted by Gasteiger charge is 2.17. The number of nitrogens with zero attached hydrogens (tertiary/aromatic N) is 1. The zero-order chi connectivity index (χ0) is 14.7. The molecule has 2 N–H and O–H groups in total. The maximum atomic E-state index is 11.8. The molecular formula is C14H13BrN2O3. The van der Waals surface area contributed by atoms with Gasteiger partial charge in [-0.15, -0.1) is 0 Å². The zero-order valence-corrected chi connectivity index (χ0v) is 12.6. The first kappa shape index (κ1) is 14.3. The summed E-state index contributed by atoms with van der Waals surface area (Å²) in [5.74, 6) is 0.148. The summed E-state index contributed by atoms with van der Waals surface area (Å²) in [6, 6.07) is 9.29. The lowest BCUT2D eigenvalue weighted by Gasteiger charge is -2.07. The molecule has 1 aromatic carbocycles. The molecule has 104 valence electrons. The highest BCUT2D eigenvalue weighted by atomic mass is 79.9. The second kappa shape index (κ2) is 5.92. The fourth-order valence-corrected chi connectivity index (χ4v) is 1.92. The van der Waals surface area contributed by atoms with Gasteiger partial charge in [0.15, 0.2) is 0 Å². The van der Waals surface area contributed by atoms with Gasteiger partial charge in [0, 0.05) is 0 Å². The number of anilines is 1. The van der Waals surface area contributed by atoms with Gasteiger partial charge in [0.1, 0.15) is 17.1 Å². The number of benzene rings is 1. The van der Waals surface area contributed by atoms with Crippen molar-refractivity contribution in [2.24, 2.45) is 5.10 Å². The van der Waals surface area contributed by atoms with E-state index in [1.165, 1.54) is 0 Å². The van der Waals surface area contributed by atoms with Gasteiger partial charge in [-0.3, -0.25) is 5.43 Å². The maximum absolute atomic E-state index is 11.8. The van der Waals surface area contributed by atoms with Crippen molar-refractivity contribution in [1.29, 1.82) is 0 Å². The van der Waals surface area contributed by atoms with Crippen LogP contribution in [-0.2, 0) is 0 Å². The molecule has 0 radical (unpaired) electrons. The molecule has 0 saturated heterocycles. The molecule has 1 heterocycles.